The Balaban J connectivity index is -0.000000140. The Hall–Kier alpha value is -0.178. The van der Waals surface area contributed by atoms with Gasteiger partial charge in [-0.05, 0) is 27.7 Å². The van der Waals surface area contributed by atoms with E-state index in [1.165, 1.54) is 0 Å². The molecule has 2 nitrogen and oxygen atoms in total. The molecule has 0 aromatic carbocycles. The molecule has 3 heteroatoms. The molecule has 0 unspecified atom stereocenters. The van der Waals surface area contributed by atoms with Crippen LogP contribution in [0.25, 0.3) is 0 Å². The van der Waals surface area contributed by atoms with Gasteiger partial charge in [-0.25, -0.2) is 0 Å². The molecule has 0 radical (unpaired) electrons. The fourth-order valence-electron chi connectivity index (χ4n) is 0.375. The van der Waals surface area contributed by atoms with Gasteiger partial charge >= 0.3 is 24.8 Å². The van der Waals surface area contributed by atoms with Crippen molar-refractivity contribution < 1.29 is 24.8 Å². The summed E-state index contributed by atoms with van der Waals surface area (Å²) in [5, 5.41) is 0. The van der Waals surface area contributed by atoms with Gasteiger partial charge in [-0.3, -0.25) is 0 Å². The molecular weight excluding hydrogens is 314 g/mol. The summed E-state index contributed by atoms with van der Waals surface area (Å²) in [6.45, 7) is 8.17. The van der Waals surface area contributed by atoms with E-state index in [1.807, 2.05) is 6.92 Å². The molecule has 0 rings (SSSR count). The minimum absolute atomic E-state index is 0. The van der Waals surface area contributed by atoms with E-state index in [-0.39, 0.29) is 12.8 Å². The van der Waals surface area contributed by atoms with E-state index in [2.05, 4.69) is 32.6 Å². The van der Waals surface area contributed by atoms with Crippen LogP contribution in [0.2, 0.25) is 0 Å². The summed E-state index contributed by atoms with van der Waals surface area (Å²) in [6.07, 6.45) is 0. The van der Waals surface area contributed by atoms with Crippen molar-refractivity contribution in [2.45, 2.75) is 27.7 Å². The van der Waals surface area contributed by atoms with Crippen molar-refractivity contribution in [3.05, 3.63) is 7.43 Å². The van der Waals surface area contributed by atoms with Crippen LogP contribution in [0.5, 0.6) is 0 Å². The topological polar surface area (TPSA) is 34.1 Å². The molecule has 0 aliphatic heterocycles. The molecule has 0 aromatic heterocycles. The molecule has 0 aliphatic rings. The normalized spacial score (nSPS) is 7.27. The molecule has 0 bridgehead atoms. The van der Waals surface area contributed by atoms with Gasteiger partial charge in [-0.2, -0.15) is 0 Å². The van der Waals surface area contributed by atoms with Crippen LogP contribution in [0, 0.1) is 24.7 Å². The first-order valence-corrected chi connectivity index (χ1v) is 5.03. The van der Waals surface area contributed by atoms with Crippen LogP contribution in [-0.4, -0.2) is 0 Å². The standard InChI is InChI=1S/C7H12.CH3.2O.Re/c1-5-6-7(2,3)4;;;;/h1-4H3;1H3;;;/q;-1;;;. The second-order valence-corrected chi connectivity index (χ2v) is 3.14. The van der Waals surface area contributed by atoms with Crippen molar-refractivity contribution >= 4 is 0 Å². The SMILES string of the molecule is CC#CC(C)(C)C.[CH3-].[O]=[Re]=[O]. The Morgan fingerprint density at radius 3 is 1.45 bits per heavy atom. The number of hydrogen-bond acceptors (Lipinski definition) is 2. The molecule has 0 fully saturated rings. The Morgan fingerprint density at radius 2 is 1.45 bits per heavy atom. The first-order valence-electron chi connectivity index (χ1n) is 2.81. The zero-order chi connectivity index (χ0) is 8.62. The van der Waals surface area contributed by atoms with E-state index in [1.54, 1.807) is 0 Å². The van der Waals surface area contributed by atoms with Crippen LogP contribution in [0.1, 0.15) is 27.7 Å². The van der Waals surface area contributed by atoms with Crippen LogP contribution in [0.4, 0.5) is 0 Å². The predicted molar refractivity (Wildman–Crippen MR) is 40.7 cm³/mol. The molecule has 67 valence electrons. The van der Waals surface area contributed by atoms with Gasteiger partial charge in [0.25, 0.3) is 0 Å². The first kappa shape index (κ1) is 17.1. The van der Waals surface area contributed by atoms with Gasteiger partial charge in [-0.15, -0.1) is 5.92 Å². The fraction of sp³-hybridized carbons (Fsp3) is 0.625. The molecule has 0 spiro atoms. The van der Waals surface area contributed by atoms with Gasteiger partial charge in [0, 0.05) is 5.41 Å². The molecule has 0 aliphatic carbocycles. The monoisotopic (exact) mass is 330 g/mol. The molecule has 0 aromatic rings. The van der Waals surface area contributed by atoms with Gasteiger partial charge < -0.3 is 7.43 Å². The van der Waals surface area contributed by atoms with Crippen LogP contribution in [-0.2, 0) is 24.8 Å². The third-order valence-corrected chi connectivity index (χ3v) is 0.500. The third-order valence-electron chi connectivity index (χ3n) is 0.500. The summed E-state index contributed by atoms with van der Waals surface area (Å²) in [4.78, 5) is 0. The van der Waals surface area contributed by atoms with Crippen molar-refractivity contribution in [1.82, 2.24) is 0 Å². The Labute approximate surface area is 77.5 Å². The predicted octanol–water partition coefficient (Wildman–Crippen LogP) is 2.27. The van der Waals surface area contributed by atoms with Gasteiger partial charge in [0.2, 0.25) is 0 Å². The van der Waals surface area contributed by atoms with Crippen molar-refractivity contribution in [2.75, 3.05) is 0 Å². The molecule has 11 heavy (non-hydrogen) atoms. The molecule has 0 amide bonds. The zero-order valence-electron chi connectivity index (χ0n) is 7.69. The molecule has 0 N–H and O–H groups in total. The van der Waals surface area contributed by atoms with E-state index in [0.717, 1.165) is 0 Å². The molecule has 0 saturated carbocycles. The van der Waals surface area contributed by atoms with Crippen LogP contribution >= 0.6 is 0 Å². The maximum absolute atomic E-state index is 8.53. The summed E-state index contributed by atoms with van der Waals surface area (Å²) in [7, 11) is 0. The Kier molecular flexibility index (Phi) is 15.2. The number of rotatable bonds is 0. The van der Waals surface area contributed by atoms with Gasteiger partial charge in [0.15, 0.2) is 0 Å². The molecule has 0 heterocycles. The average molecular weight is 329 g/mol. The Bertz CT molecular complexity index is 163. The Morgan fingerprint density at radius 1 is 1.18 bits per heavy atom. The second-order valence-electron chi connectivity index (χ2n) is 2.69. The number of hydrogen-bond donors (Lipinski definition) is 0. The van der Waals surface area contributed by atoms with Crippen LogP contribution in [0.3, 0.4) is 0 Å². The van der Waals surface area contributed by atoms with Gasteiger partial charge in [-0.1, -0.05) is 5.92 Å². The second kappa shape index (κ2) is 9.82. The summed E-state index contributed by atoms with van der Waals surface area (Å²) in [6, 6.07) is 0. The molecule has 0 saturated heterocycles. The first-order chi connectivity index (χ1) is 4.47. The van der Waals surface area contributed by atoms with Crippen molar-refractivity contribution in [3.63, 3.8) is 0 Å². The van der Waals surface area contributed by atoms with Gasteiger partial charge in [0.1, 0.15) is 0 Å². The third kappa shape index (κ3) is 41.1. The summed E-state index contributed by atoms with van der Waals surface area (Å²) >= 11 is -2.17. The van der Waals surface area contributed by atoms with Crippen LogP contribution in [0.15, 0.2) is 0 Å². The van der Waals surface area contributed by atoms with E-state index in [4.69, 9.17) is 6.94 Å². The average Bonchev–Trinajstić information content (AvgIpc) is 1.63. The summed E-state index contributed by atoms with van der Waals surface area (Å²) in [5.74, 6) is 5.89. The quantitative estimate of drug-likeness (QED) is 0.505. The molecule has 0 atom stereocenters. The summed E-state index contributed by atoms with van der Waals surface area (Å²) in [5.41, 5.74) is 0.189. The van der Waals surface area contributed by atoms with Crippen molar-refractivity contribution in [3.8, 4) is 11.8 Å². The van der Waals surface area contributed by atoms with Crippen LogP contribution < -0.4 is 0 Å². The molecular formula is C8H15O2Re-. The van der Waals surface area contributed by atoms with E-state index in [9.17, 15) is 0 Å². The maximum atomic E-state index is 8.53. The van der Waals surface area contributed by atoms with Gasteiger partial charge in [0.05, 0.1) is 0 Å². The fourth-order valence-corrected chi connectivity index (χ4v) is 0.375. The van der Waals surface area contributed by atoms with Crippen molar-refractivity contribution in [2.24, 2.45) is 5.41 Å². The minimum atomic E-state index is -2.17. The zero-order valence-corrected chi connectivity index (χ0v) is 10.4. The van der Waals surface area contributed by atoms with E-state index in [0.29, 0.717) is 0 Å². The van der Waals surface area contributed by atoms with E-state index < -0.39 is 17.9 Å². The summed E-state index contributed by atoms with van der Waals surface area (Å²) < 4.78 is 17.1. The van der Waals surface area contributed by atoms with E-state index >= 15 is 0 Å². The van der Waals surface area contributed by atoms with Crippen molar-refractivity contribution in [1.29, 1.82) is 0 Å².